The van der Waals surface area contributed by atoms with Gasteiger partial charge in [0.15, 0.2) is 0 Å². The van der Waals surface area contributed by atoms with Gasteiger partial charge < -0.3 is 10.1 Å². The zero-order valence-corrected chi connectivity index (χ0v) is 9.58. The summed E-state index contributed by atoms with van der Waals surface area (Å²) in [5.74, 6) is 0.308. The van der Waals surface area contributed by atoms with E-state index in [0.717, 1.165) is 25.2 Å². The lowest BCUT2D eigenvalue weighted by Crippen LogP contribution is -2.31. The fraction of sp³-hybridized carbons (Fsp3) is 0.538. The van der Waals surface area contributed by atoms with Crippen LogP contribution in [0.4, 0.5) is 4.39 Å². The molecule has 0 radical (unpaired) electrons. The molecule has 0 bridgehead atoms. The third-order valence-electron chi connectivity index (χ3n) is 3.21. The van der Waals surface area contributed by atoms with E-state index in [1.807, 2.05) is 19.2 Å². The van der Waals surface area contributed by atoms with Gasteiger partial charge in [-0.15, -0.1) is 0 Å². The van der Waals surface area contributed by atoms with Gasteiger partial charge in [0.2, 0.25) is 0 Å². The lowest BCUT2D eigenvalue weighted by atomic mass is 9.89. The second-order valence-corrected chi connectivity index (χ2v) is 4.30. The zero-order chi connectivity index (χ0) is 11.4. The molecule has 2 nitrogen and oxygen atoms in total. The van der Waals surface area contributed by atoms with Gasteiger partial charge in [-0.05, 0) is 37.6 Å². The van der Waals surface area contributed by atoms with Crippen LogP contribution in [0, 0.1) is 11.7 Å². The summed E-state index contributed by atoms with van der Waals surface area (Å²) < 4.78 is 18.3. The maximum Gasteiger partial charge on any atom is 0.123 e. The Labute approximate surface area is 95.8 Å². The number of hydrogen-bond acceptors (Lipinski definition) is 2. The van der Waals surface area contributed by atoms with Gasteiger partial charge >= 0.3 is 0 Å². The first-order chi connectivity index (χ1) is 7.81. The summed E-state index contributed by atoms with van der Waals surface area (Å²) in [6, 6.07) is 7.00. The van der Waals surface area contributed by atoms with Crippen LogP contribution in [0.5, 0.6) is 0 Å². The summed E-state index contributed by atoms with van der Waals surface area (Å²) in [6.45, 7) is 1.67. The number of nitrogens with one attached hydrogen (secondary N) is 1. The molecule has 16 heavy (non-hydrogen) atoms. The molecule has 1 aromatic rings. The molecule has 1 aromatic carbocycles. The Morgan fingerprint density at radius 2 is 2.12 bits per heavy atom. The van der Waals surface area contributed by atoms with Crippen LogP contribution < -0.4 is 5.32 Å². The topological polar surface area (TPSA) is 21.3 Å². The quantitative estimate of drug-likeness (QED) is 0.850. The molecular weight excluding hydrogens is 205 g/mol. The number of rotatable bonds is 3. The molecule has 0 amide bonds. The van der Waals surface area contributed by atoms with Crippen LogP contribution in [0.15, 0.2) is 24.3 Å². The lowest BCUT2D eigenvalue weighted by molar-refractivity contribution is 0.0402. The van der Waals surface area contributed by atoms with Gasteiger partial charge in [0.25, 0.3) is 0 Å². The first kappa shape index (κ1) is 11.6. The summed E-state index contributed by atoms with van der Waals surface area (Å²) >= 11 is 0. The Bertz CT molecular complexity index is 319. The van der Waals surface area contributed by atoms with Crippen molar-refractivity contribution in [3.63, 3.8) is 0 Å². The molecule has 0 saturated carbocycles. The van der Waals surface area contributed by atoms with Crippen molar-refractivity contribution in [3.05, 3.63) is 35.6 Å². The summed E-state index contributed by atoms with van der Waals surface area (Å²) in [7, 11) is 1.95. The monoisotopic (exact) mass is 223 g/mol. The standard InChI is InChI=1S/C13H18FNO/c1-15-13(11-3-2-8-16-9-11)10-4-6-12(14)7-5-10/h4-7,11,13,15H,2-3,8-9H2,1H3. The Hall–Kier alpha value is -0.930. The predicted molar refractivity (Wildman–Crippen MR) is 61.7 cm³/mol. The van der Waals surface area contributed by atoms with Crippen LogP contribution in [0.3, 0.4) is 0 Å². The molecule has 3 heteroatoms. The Morgan fingerprint density at radius 1 is 1.38 bits per heavy atom. The molecule has 1 saturated heterocycles. The summed E-state index contributed by atoms with van der Waals surface area (Å²) in [4.78, 5) is 0. The molecule has 1 N–H and O–H groups in total. The average molecular weight is 223 g/mol. The largest absolute Gasteiger partial charge is 0.381 e. The average Bonchev–Trinajstić information content (AvgIpc) is 2.34. The summed E-state index contributed by atoms with van der Waals surface area (Å²) in [5, 5.41) is 3.31. The molecule has 88 valence electrons. The Balaban J connectivity index is 2.11. The van der Waals surface area contributed by atoms with Gasteiger partial charge in [-0.25, -0.2) is 4.39 Å². The first-order valence-electron chi connectivity index (χ1n) is 5.81. The molecule has 1 aliphatic rings. The second kappa shape index (κ2) is 5.41. The van der Waals surface area contributed by atoms with Crippen molar-refractivity contribution in [2.75, 3.05) is 20.3 Å². The fourth-order valence-electron chi connectivity index (χ4n) is 2.37. The Kier molecular flexibility index (Phi) is 3.91. The zero-order valence-electron chi connectivity index (χ0n) is 9.58. The number of halogens is 1. The minimum atomic E-state index is -0.182. The molecule has 0 spiro atoms. The molecule has 2 atom stereocenters. The van der Waals surface area contributed by atoms with E-state index in [-0.39, 0.29) is 11.9 Å². The fourth-order valence-corrected chi connectivity index (χ4v) is 2.37. The van der Waals surface area contributed by atoms with E-state index in [1.54, 1.807) is 0 Å². The number of hydrogen-bond donors (Lipinski definition) is 1. The minimum Gasteiger partial charge on any atom is -0.381 e. The van der Waals surface area contributed by atoms with Crippen molar-refractivity contribution >= 4 is 0 Å². The van der Waals surface area contributed by atoms with E-state index >= 15 is 0 Å². The van der Waals surface area contributed by atoms with Crippen LogP contribution in [-0.4, -0.2) is 20.3 Å². The van der Waals surface area contributed by atoms with Gasteiger partial charge in [0.05, 0.1) is 6.61 Å². The van der Waals surface area contributed by atoms with E-state index in [4.69, 9.17) is 4.74 Å². The van der Waals surface area contributed by atoms with Gasteiger partial charge in [-0.1, -0.05) is 12.1 Å². The highest BCUT2D eigenvalue weighted by molar-refractivity contribution is 5.20. The van der Waals surface area contributed by atoms with Gasteiger partial charge in [-0.2, -0.15) is 0 Å². The van der Waals surface area contributed by atoms with E-state index in [1.165, 1.54) is 18.6 Å². The van der Waals surface area contributed by atoms with Crippen molar-refractivity contribution < 1.29 is 9.13 Å². The van der Waals surface area contributed by atoms with Crippen LogP contribution in [0.25, 0.3) is 0 Å². The highest BCUT2D eigenvalue weighted by atomic mass is 19.1. The van der Waals surface area contributed by atoms with Crippen molar-refractivity contribution in [1.29, 1.82) is 0 Å². The maximum atomic E-state index is 12.9. The SMILES string of the molecule is CNC(c1ccc(F)cc1)C1CCCOC1. The Morgan fingerprint density at radius 3 is 2.69 bits per heavy atom. The smallest absolute Gasteiger partial charge is 0.123 e. The van der Waals surface area contributed by atoms with Crippen LogP contribution in [-0.2, 0) is 4.74 Å². The van der Waals surface area contributed by atoms with E-state index in [0.29, 0.717) is 5.92 Å². The molecule has 0 aliphatic carbocycles. The van der Waals surface area contributed by atoms with E-state index in [2.05, 4.69) is 5.32 Å². The highest BCUT2D eigenvalue weighted by Crippen LogP contribution is 2.28. The summed E-state index contributed by atoms with van der Waals surface area (Å²) in [5.41, 5.74) is 1.14. The number of ether oxygens (including phenoxy) is 1. The molecule has 1 heterocycles. The van der Waals surface area contributed by atoms with Crippen molar-refractivity contribution in [2.24, 2.45) is 5.92 Å². The summed E-state index contributed by atoms with van der Waals surface area (Å²) in [6.07, 6.45) is 2.28. The van der Waals surface area contributed by atoms with Crippen molar-refractivity contribution in [3.8, 4) is 0 Å². The molecule has 2 rings (SSSR count). The lowest BCUT2D eigenvalue weighted by Gasteiger charge is -2.30. The maximum absolute atomic E-state index is 12.9. The van der Waals surface area contributed by atoms with Crippen LogP contribution in [0.2, 0.25) is 0 Å². The highest BCUT2D eigenvalue weighted by Gasteiger charge is 2.24. The molecule has 1 aliphatic heterocycles. The molecular formula is C13H18FNO. The van der Waals surface area contributed by atoms with Crippen LogP contribution >= 0.6 is 0 Å². The molecule has 0 aromatic heterocycles. The van der Waals surface area contributed by atoms with Crippen LogP contribution in [0.1, 0.15) is 24.4 Å². The predicted octanol–water partition coefficient (Wildman–Crippen LogP) is 2.51. The normalized spacial score (nSPS) is 23.0. The third kappa shape index (κ3) is 2.60. The molecule has 2 unspecified atom stereocenters. The first-order valence-corrected chi connectivity index (χ1v) is 5.81. The van der Waals surface area contributed by atoms with E-state index < -0.39 is 0 Å². The molecule has 1 fully saturated rings. The third-order valence-corrected chi connectivity index (χ3v) is 3.21. The van der Waals surface area contributed by atoms with Gasteiger partial charge in [-0.3, -0.25) is 0 Å². The van der Waals surface area contributed by atoms with Gasteiger partial charge in [0, 0.05) is 18.6 Å². The van der Waals surface area contributed by atoms with E-state index in [9.17, 15) is 4.39 Å². The van der Waals surface area contributed by atoms with Gasteiger partial charge in [0.1, 0.15) is 5.82 Å². The van der Waals surface area contributed by atoms with Crippen molar-refractivity contribution in [1.82, 2.24) is 5.32 Å². The minimum absolute atomic E-state index is 0.182. The second-order valence-electron chi connectivity index (χ2n) is 4.30. The van der Waals surface area contributed by atoms with Crippen molar-refractivity contribution in [2.45, 2.75) is 18.9 Å². The number of benzene rings is 1.